The third kappa shape index (κ3) is 5.15. The highest BCUT2D eigenvalue weighted by atomic mass is 32.2. The summed E-state index contributed by atoms with van der Waals surface area (Å²) in [5, 5.41) is 8.27. The fraction of sp³-hybridized carbons (Fsp3) is 0.300. The molecule has 0 radical (unpaired) electrons. The van der Waals surface area contributed by atoms with Gasteiger partial charge in [0.1, 0.15) is 5.75 Å². The smallest absolute Gasteiger partial charge is 0.406 e. The highest BCUT2D eigenvalue weighted by Gasteiger charge is 2.31. The van der Waals surface area contributed by atoms with Crippen LogP contribution < -0.4 is 9.46 Å². The van der Waals surface area contributed by atoms with Gasteiger partial charge in [-0.05, 0) is 24.3 Å². The normalized spacial score (nSPS) is 11.9. The summed E-state index contributed by atoms with van der Waals surface area (Å²) in [5.41, 5.74) is 0. The van der Waals surface area contributed by atoms with E-state index in [1.165, 1.54) is 0 Å². The Balaban J connectivity index is 2.78. The fourth-order valence-electron chi connectivity index (χ4n) is 1.15. The van der Waals surface area contributed by atoms with E-state index in [1.807, 2.05) is 0 Å². The van der Waals surface area contributed by atoms with Crippen LogP contribution in [0.2, 0.25) is 0 Å². The van der Waals surface area contributed by atoms with Gasteiger partial charge in [-0.25, -0.2) is 13.1 Å². The molecule has 0 saturated carbocycles. The molecule has 0 aliphatic heterocycles. The molecule has 0 unspecified atom stereocenters. The van der Waals surface area contributed by atoms with Crippen molar-refractivity contribution in [3.8, 4) is 11.8 Å². The summed E-state index contributed by atoms with van der Waals surface area (Å²) in [7, 11) is -3.83. The Hall–Kier alpha value is -1.79. The van der Waals surface area contributed by atoms with E-state index < -0.39 is 22.1 Å². The number of hydrogen-bond acceptors (Lipinski definition) is 4. The van der Waals surface area contributed by atoms with Crippen molar-refractivity contribution in [1.82, 2.24) is 4.72 Å². The Morgan fingerprint density at radius 2 is 1.84 bits per heavy atom. The van der Waals surface area contributed by atoms with E-state index in [1.54, 1.807) is 6.07 Å². The predicted molar refractivity (Wildman–Crippen MR) is 58.5 cm³/mol. The molecule has 104 valence electrons. The average molecular weight is 294 g/mol. The van der Waals surface area contributed by atoms with E-state index in [2.05, 4.69) is 9.46 Å². The molecule has 19 heavy (non-hydrogen) atoms. The van der Waals surface area contributed by atoms with Crippen LogP contribution in [0.15, 0.2) is 29.2 Å². The molecule has 0 atom stereocenters. The zero-order chi connectivity index (χ0) is 14.5. The predicted octanol–water partition coefficient (Wildman–Crippen LogP) is 1.78. The molecule has 0 aromatic heterocycles. The van der Waals surface area contributed by atoms with Gasteiger partial charge in [0.15, 0.2) is 0 Å². The molecule has 1 rings (SSSR count). The first-order valence-electron chi connectivity index (χ1n) is 4.97. The number of halogens is 3. The van der Waals surface area contributed by atoms with Crippen molar-refractivity contribution < 1.29 is 26.3 Å². The number of rotatable bonds is 5. The zero-order valence-corrected chi connectivity index (χ0v) is 10.3. The zero-order valence-electron chi connectivity index (χ0n) is 9.44. The maximum Gasteiger partial charge on any atom is 0.573 e. The Kier molecular flexibility index (Phi) is 4.74. The van der Waals surface area contributed by atoms with Gasteiger partial charge in [-0.2, -0.15) is 5.26 Å². The van der Waals surface area contributed by atoms with Gasteiger partial charge in [-0.15, -0.1) is 13.2 Å². The van der Waals surface area contributed by atoms with Gasteiger partial charge >= 0.3 is 6.36 Å². The molecule has 1 aromatic carbocycles. The molecule has 0 bridgehead atoms. The topological polar surface area (TPSA) is 79.2 Å². The quantitative estimate of drug-likeness (QED) is 0.839. The molecule has 0 aliphatic rings. The molecule has 0 saturated heterocycles. The Labute approximate surface area is 107 Å². The summed E-state index contributed by atoms with van der Waals surface area (Å²) in [6.07, 6.45) is -4.83. The Bertz CT molecular complexity index is 561. The van der Waals surface area contributed by atoms with Gasteiger partial charge in [0.05, 0.1) is 11.0 Å². The Morgan fingerprint density at radius 3 is 2.32 bits per heavy atom. The molecule has 1 aromatic rings. The minimum absolute atomic E-state index is 0.00546. The van der Waals surface area contributed by atoms with E-state index in [0.29, 0.717) is 0 Å². The number of nitriles is 1. The molecule has 0 fully saturated rings. The van der Waals surface area contributed by atoms with Crippen molar-refractivity contribution in [1.29, 1.82) is 5.26 Å². The summed E-state index contributed by atoms with van der Waals surface area (Å²) in [5.74, 6) is -0.511. The van der Waals surface area contributed by atoms with Crippen LogP contribution in [0.1, 0.15) is 6.42 Å². The molecular formula is C10H9F3N2O3S. The molecule has 0 aliphatic carbocycles. The maximum atomic E-state index is 11.9. The van der Waals surface area contributed by atoms with Crippen LogP contribution in [0.5, 0.6) is 5.75 Å². The van der Waals surface area contributed by atoms with Crippen LogP contribution >= 0.6 is 0 Å². The maximum absolute atomic E-state index is 11.9. The molecular weight excluding hydrogens is 285 g/mol. The molecule has 9 heteroatoms. The fourth-order valence-corrected chi connectivity index (χ4v) is 2.18. The van der Waals surface area contributed by atoms with Gasteiger partial charge in [0.25, 0.3) is 0 Å². The summed E-state index contributed by atoms with van der Waals surface area (Å²) in [6.45, 7) is -0.0698. The van der Waals surface area contributed by atoms with Crippen molar-refractivity contribution >= 4 is 10.0 Å². The van der Waals surface area contributed by atoms with E-state index in [-0.39, 0.29) is 17.9 Å². The summed E-state index contributed by atoms with van der Waals surface area (Å²) in [6, 6.07) is 5.51. The van der Waals surface area contributed by atoms with Crippen molar-refractivity contribution in [3.63, 3.8) is 0 Å². The largest absolute Gasteiger partial charge is 0.573 e. The first-order valence-corrected chi connectivity index (χ1v) is 6.45. The summed E-state index contributed by atoms with van der Waals surface area (Å²) < 4.78 is 64.7. The second-order valence-corrected chi connectivity index (χ2v) is 5.09. The highest BCUT2D eigenvalue weighted by Crippen LogP contribution is 2.23. The molecule has 0 heterocycles. The number of benzene rings is 1. The van der Waals surface area contributed by atoms with Gasteiger partial charge in [-0.1, -0.05) is 0 Å². The van der Waals surface area contributed by atoms with Gasteiger partial charge in [0.2, 0.25) is 10.0 Å². The van der Waals surface area contributed by atoms with Crippen LogP contribution in [0, 0.1) is 11.3 Å². The van der Waals surface area contributed by atoms with Crippen LogP contribution in [-0.4, -0.2) is 21.3 Å². The number of ether oxygens (including phenoxy) is 1. The van der Waals surface area contributed by atoms with Crippen LogP contribution in [0.3, 0.4) is 0 Å². The summed E-state index contributed by atoms with van der Waals surface area (Å²) >= 11 is 0. The van der Waals surface area contributed by atoms with Gasteiger partial charge in [0, 0.05) is 13.0 Å². The lowest BCUT2D eigenvalue weighted by molar-refractivity contribution is -0.274. The monoisotopic (exact) mass is 294 g/mol. The second-order valence-electron chi connectivity index (χ2n) is 3.33. The van der Waals surface area contributed by atoms with Crippen molar-refractivity contribution in [2.75, 3.05) is 6.54 Å². The van der Waals surface area contributed by atoms with Crippen molar-refractivity contribution in [3.05, 3.63) is 24.3 Å². The third-order valence-corrected chi connectivity index (χ3v) is 3.37. The van der Waals surface area contributed by atoms with Crippen LogP contribution in [0.25, 0.3) is 0 Å². The van der Waals surface area contributed by atoms with Crippen LogP contribution in [-0.2, 0) is 10.0 Å². The number of hydrogen-bond donors (Lipinski definition) is 1. The minimum Gasteiger partial charge on any atom is -0.406 e. The first kappa shape index (κ1) is 15.3. The lowest BCUT2D eigenvalue weighted by Gasteiger charge is -2.09. The van der Waals surface area contributed by atoms with Gasteiger partial charge < -0.3 is 4.74 Å². The molecule has 1 N–H and O–H groups in total. The standard InChI is InChI=1S/C10H9F3N2O3S/c11-10(12,13)18-8-2-4-9(5-3-8)19(16,17)15-7-1-6-14/h2-5,15H,1,7H2. The lowest BCUT2D eigenvalue weighted by atomic mass is 10.3. The number of nitrogens with zero attached hydrogens (tertiary/aromatic N) is 1. The van der Waals surface area contributed by atoms with Gasteiger partial charge in [-0.3, -0.25) is 0 Å². The van der Waals surface area contributed by atoms with E-state index in [4.69, 9.17) is 5.26 Å². The average Bonchev–Trinajstić information content (AvgIpc) is 2.27. The first-order chi connectivity index (χ1) is 8.74. The van der Waals surface area contributed by atoms with E-state index in [0.717, 1.165) is 24.3 Å². The molecule has 0 amide bonds. The van der Waals surface area contributed by atoms with Crippen LogP contribution in [0.4, 0.5) is 13.2 Å². The highest BCUT2D eigenvalue weighted by molar-refractivity contribution is 7.89. The van der Waals surface area contributed by atoms with E-state index in [9.17, 15) is 21.6 Å². The lowest BCUT2D eigenvalue weighted by Crippen LogP contribution is -2.24. The number of sulfonamides is 1. The Morgan fingerprint density at radius 1 is 1.26 bits per heavy atom. The SMILES string of the molecule is N#CCCNS(=O)(=O)c1ccc(OC(F)(F)F)cc1. The molecule has 5 nitrogen and oxygen atoms in total. The van der Waals surface area contributed by atoms with Crippen molar-refractivity contribution in [2.24, 2.45) is 0 Å². The second kappa shape index (κ2) is 5.90. The number of nitrogens with one attached hydrogen (secondary N) is 1. The molecule has 0 spiro atoms. The third-order valence-electron chi connectivity index (χ3n) is 1.90. The van der Waals surface area contributed by atoms with Crippen molar-refractivity contribution in [2.45, 2.75) is 17.7 Å². The van der Waals surface area contributed by atoms with E-state index >= 15 is 0 Å². The summed E-state index contributed by atoms with van der Waals surface area (Å²) in [4.78, 5) is -0.208. The minimum atomic E-state index is -4.83. The number of alkyl halides is 3.